The van der Waals surface area contributed by atoms with Crippen LogP contribution in [0.2, 0.25) is 10.0 Å². The number of nitrogens with zero attached hydrogens (tertiary/aromatic N) is 2. The number of rotatable bonds is 4. The van der Waals surface area contributed by atoms with Crippen LogP contribution in [0.5, 0.6) is 0 Å². The van der Waals surface area contributed by atoms with E-state index in [4.69, 9.17) is 23.2 Å². The van der Waals surface area contributed by atoms with E-state index >= 15 is 0 Å². The molecule has 0 N–H and O–H groups in total. The van der Waals surface area contributed by atoms with Gasteiger partial charge >= 0.3 is 0 Å². The van der Waals surface area contributed by atoms with Crippen LogP contribution in [-0.2, 0) is 15.6 Å². The van der Waals surface area contributed by atoms with Crippen molar-refractivity contribution in [3.05, 3.63) is 128 Å². The lowest BCUT2D eigenvalue weighted by atomic mass is 9.83. The molecule has 0 amide bonds. The summed E-state index contributed by atoms with van der Waals surface area (Å²) < 4.78 is 30.8. The zero-order chi connectivity index (χ0) is 24.1. The third-order valence-corrected chi connectivity index (χ3v) is 8.66. The highest BCUT2D eigenvalue weighted by atomic mass is 35.5. The largest absolute Gasteiger partial charge is 0.278 e. The van der Waals surface area contributed by atoms with Crippen molar-refractivity contribution in [2.24, 2.45) is 0 Å². The molecular formula is C26H20Cl2N2O3S. The first-order chi connectivity index (χ1) is 16.2. The Kier molecular flexibility index (Phi) is 5.55. The van der Waals surface area contributed by atoms with E-state index in [-0.39, 0.29) is 17.0 Å². The van der Waals surface area contributed by atoms with Crippen molar-refractivity contribution in [2.45, 2.75) is 17.4 Å². The molecule has 5 nitrogen and oxygen atoms in total. The summed E-state index contributed by atoms with van der Waals surface area (Å²) in [4.78, 5) is 13.6. The number of anilines is 1. The molecule has 0 radical (unpaired) electrons. The van der Waals surface area contributed by atoms with Gasteiger partial charge in [-0.15, -0.1) is 0 Å². The summed E-state index contributed by atoms with van der Waals surface area (Å²) in [6.45, 7) is 1.75. The van der Waals surface area contributed by atoms with Crippen LogP contribution in [0.25, 0.3) is 0 Å². The minimum Gasteiger partial charge on any atom is -0.278 e. The number of sulfonamides is 1. The van der Waals surface area contributed by atoms with E-state index in [2.05, 4.69) is 0 Å². The van der Waals surface area contributed by atoms with E-state index in [9.17, 15) is 13.2 Å². The number of hydrogen-bond donors (Lipinski definition) is 0. The van der Waals surface area contributed by atoms with Crippen molar-refractivity contribution < 1.29 is 8.42 Å². The molecule has 0 fully saturated rings. The van der Waals surface area contributed by atoms with E-state index in [1.165, 1.54) is 10.4 Å². The van der Waals surface area contributed by atoms with Crippen molar-refractivity contribution in [1.82, 2.24) is 4.57 Å². The topological polar surface area (TPSA) is 59.4 Å². The summed E-state index contributed by atoms with van der Waals surface area (Å²) in [6, 6.07) is 25.7. The summed E-state index contributed by atoms with van der Waals surface area (Å²) in [5.74, 6) is 0.292. The predicted molar refractivity (Wildman–Crippen MR) is 135 cm³/mol. The molecule has 0 atom stereocenters. The molecule has 5 rings (SSSR count). The summed E-state index contributed by atoms with van der Waals surface area (Å²) in [5, 5.41) is 1.08. The third kappa shape index (κ3) is 3.45. The normalized spacial score (nSPS) is 14.7. The quantitative estimate of drug-likeness (QED) is 0.366. The molecule has 3 aromatic carbocycles. The lowest BCUT2D eigenvalue weighted by molar-refractivity contribution is 0.478. The number of fused-ring (bicyclic) bond motifs is 1. The van der Waals surface area contributed by atoms with E-state index < -0.39 is 15.6 Å². The van der Waals surface area contributed by atoms with Crippen LogP contribution in [-0.4, -0.2) is 19.5 Å². The average molecular weight is 511 g/mol. The Morgan fingerprint density at radius 2 is 1.32 bits per heavy atom. The van der Waals surface area contributed by atoms with Gasteiger partial charge in [0.15, 0.2) is 0 Å². The van der Waals surface area contributed by atoms with Crippen LogP contribution in [0.15, 0.2) is 101 Å². The molecule has 0 spiro atoms. The second-order valence-electron chi connectivity index (χ2n) is 8.21. The minimum atomic E-state index is -3.98. The Hall–Kier alpha value is -3.06. The number of halogens is 2. The maximum atomic E-state index is 14.0. The Morgan fingerprint density at radius 1 is 0.765 bits per heavy atom. The fourth-order valence-corrected chi connectivity index (χ4v) is 6.61. The van der Waals surface area contributed by atoms with Crippen LogP contribution < -0.4 is 9.86 Å². The van der Waals surface area contributed by atoms with Gasteiger partial charge in [-0.3, -0.25) is 9.36 Å². The number of aromatic nitrogens is 1. The first kappa shape index (κ1) is 22.7. The molecule has 0 bridgehead atoms. The van der Waals surface area contributed by atoms with Crippen LogP contribution >= 0.6 is 23.2 Å². The molecule has 8 heteroatoms. The summed E-state index contributed by atoms with van der Waals surface area (Å²) >= 11 is 12.3. The summed E-state index contributed by atoms with van der Waals surface area (Å²) in [7, 11) is -3.98. The molecule has 1 aliphatic rings. The molecule has 1 aliphatic heterocycles. The number of benzene rings is 3. The van der Waals surface area contributed by atoms with Gasteiger partial charge < -0.3 is 0 Å². The van der Waals surface area contributed by atoms with Crippen molar-refractivity contribution in [2.75, 3.05) is 10.8 Å². The van der Waals surface area contributed by atoms with Gasteiger partial charge in [0.2, 0.25) is 0 Å². The number of hydrogen-bond acceptors (Lipinski definition) is 3. The van der Waals surface area contributed by atoms with Gasteiger partial charge in [-0.05, 0) is 60.0 Å². The smallest absolute Gasteiger partial charge is 0.265 e. The van der Waals surface area contributed by atoms with Crippen molar-refractivity contribution in [1.29, 1.82) is 0 Å². The van der Waals surface area contributed by atoms with Crippen molar-refractivity contribution in [3.63, 3.8) is 0 Å². The zero-order valence-corrected chi connectivity index (χ0v) is 20.5. The maximum absolute atomic E-state index is 14.0. The minimum absolute atomic E-state index is 0.00775. The fourth-order valence-electron chi connectivity index (χ4n) is 4.65. The lowest BCUT2D eigenvalue weighted by Crippen LogP contribution is -2.44. The molecule has 2 heterocycles. The van der Waals surface area contributed by atoms with Gasteiger partial charge in [0, 0.05) is 16.1 Å². The van der Waals surface area contributed by atoms with Crippen molar-refractivity contribution >= 4 is 39.0 Å². The van der Waals surface area contributed by atoms with Crippen LogP contribution in [0, 0.1) is 6.92 Å². The first-order valence-corrected chi connectivity index (χ1v) is 12.8. The first-order valence-electron chi connectivity index (χ1n) is 10.6. The second-order valence-corrected chi connectivity index (χ2v) is 10.9. The van der Waals surface area contributed by atoms with E-state index in [1.54, 1.807) is 72.2 Å². The second kappa shape index (κ2) is 8.31. The number of pyridine rings is 1. The van der Waals surface area contributed by atoms with E-state index in [0.717, 1.165) is 11.1 Å². The molecule has 34 heavy (non-hydrogen) atoms. The summed E-state index contributed by atoms with van der Waals surface area (Å²) in [5.41, 5.74) is 0.652. The number of aryl methyl sites for hydroxylation is 1. The predicted octanol–water partition coefficient (Wildman–Crippen LogP) is 5.46. The van der Waals surface area contributed by atoms with Gasteiger partial charge in [-0.2, -0.15) is 0 Å². The van der Waals surface area contributed by atoms with Crippen LogP contribution in [0.1, 0.15) is 16.7 Å². The molecular weight excluding hydrogens is 491 g/mol. The van der Waals surface area contributed by atoms with Gasteiger partial charge in [-0.1, -0.05) is 71.7 Å². The van der Waals surface area contributed by atoms with Gasteiger partial charge in [-0.25, -0.2) is 12.7 Å². The SMILES string of the molecule is Cc1ccccc1S(=O)(=O)N1CC(c2ccc(Cl)cc2)(c2ccc(Cl)cc2)n2c1cccc2=O. The standard InChI is InChI=1S/C26H20Cl2N2O3S/c1-18-5-2-3-6-23(18)34(32,33)29-17-26(19-9-13-21(27)14-10-19,20-11-15-22(28)16-12-20)30-24(29)7-4-8-25(30)31/h2-16H,17H2,1H3. The highest BCUT2D eigenvalue weighted by Crippen LogP contribution is 2.45. The van der Waals surface area contributed by atoms with Crippen molar-refractivity contribution in [3.8, 4) is 0 Å². The molecule has 4 aromatic rings. The van der Waals surface area contributed by atoms with Crippen LogP contribution in [0.3, 0.4) is 0 Å². The van der Waals surface area contributed by atoms with E-state index in [1.807, 2.05) is 24.3 Å². The molecule has 172 valence electrons. The van der Waals surface area contributed by atoms with Gasteiger partial charge in [0.1, 0.15) is 11.4 Å². The molecule has 0 unspecified atom stereocenters. The Labute approximate surface area is 207 Å². The lowest BCUT2D eigenvalue weighted by Gasteiger charge is -2.32. The monoisotopic (exact) mass is 510 g/mol. The van der Waals surface area contributed by atoms with Crippen LogP contribution in [0.4, 0.5) is 5.82 Å². The van der Waals surface area contributed by atoms with E-state index in [0.29, 0.717) is 21.4 Å². The summed E-state index contributed by atoms with van der Waals surface area (Å²) in [6.07, 6.45) is 0. The maximum Gasteiger partial charge on any atom is 0.265 e. The van der Waals surface area contributed by atoms with Gasteiger partial charge in [0.25, 0.3) is 15.6 Å². The fraction of sp³-hybridized carbons (Fsp3) is 0.115. The Balaban J connectivity index is 1.84. The average Bonchev–Trinajstić information content (AvgIpc) is 3.19. The molecule has 0 saturated heterocycles. The van der Waals surface area contributed by atoms with Gasteiger partial charge in [0.05, 0.1) is 11.4 Å². The highest BCUT2D eigenvalue weighted by molar-refractivity contribution is 7.92. The zero-order valence-electron chi connectivity index (χ0n) is 18.2. The molecule has 0 saturated carbocycles. The molecule has 1 aromatic heterocycles. The molecule has 0 aliphatic carbocycles. The Morgan fingerprint density at radius 3 is 1.88 bits per heavy atom. The highest BCUT2D eigenvalue weighted by Gasteiger charge is 2.49. The Bertz CT molecular complexity index is 1500. The third-order valence-electron chi connectivity index (χ3n) is 6.25.